The molecule has 0 radical (unpaired) electrons. The van der Waals surface area contributed by atoms with Crippen molar-refractivity contribution in [2.45, 2.75) is 13.0 Å². The molecule has 0 unspecified atom stereocenters. The second-order valence-electron chi connectivity index (χ2n) is 3.19. The van der Waals surface area contributed by atoms with E-state index in [9.17, 15) is 4.39 Å². The molecule has 2 rings (SSSR count). The first-order chi connectivity index (χ1) is 6.25. The van der Waals surface area contributed by atoms with Crippen LogP contribution in [0.3, 0.4) is 0 Å². The van der Waals surface area contributed by atoms with E-state index in [-0.39, 0.29) is 11.9 Å². The van der Waals surface area contributed by atoms with Crippen molar-refractivity contribution >= 4 is 0 Å². The lowest BCUT2D eigenvalue weighted by atomic mass is 10.2. The van der Waals surface area contributed by atoms with Gasteiger partial charge in [-0.05, 0) is 30.7 Å². The number of hydrogen-bond acceptors (Lipinski definition) is 2. The fourth-order valence-electron chi connectivity index (χ4n) is 1.21. The van der Waals surface area contributed by atoms with Crippen LogP contribution in [0.2, 0.25) is 0 Å². The van der Waals surface area contributed by atoms with Gasteiger partial charge in [-0.2, -0.15) is 0 Å². The summed E-state index contributed by atoms with van der Waals surface area (Å²) in [5.41, 5.74) is 0.826. The van der Waals surface area contributed by atoms with Gasteiger partial charge in [-0.15, -0.1) is 0 Å². The van der Waals surface area contributed by atoms with Crippen LogP contribution in [-0.2, 0) is 4.74 Å². The van der Waals surface area contributed by atoms with Crippen LogP contribution in [-0.4, -0.2) is 19.3 Å². The van der Waals surface area contributed by atoms with Crippen molar-refractivity contribution in [3.63, 3.8) is 0 Å². The van der Waals surface area contributed by atoms with Gasteiger partial charge in [0.05, 0.1) is 13.2 Å². The molecule has 1 heterocycles. The molecule has 1 aromatic rings. The van der Waals surface area contributed by atoms with Gasteiger partial charge >= 0.3 is 0 Å². The van der Waals surface area contributed by atoms with Crippen molar-refractivity contribution in [2.75, 3.05) is 13.2 Å². The Kier molecular flexibility index (Phi) is 2.19. The summed E-state index contributed by atoms with van der Waals surface area (Å²) in [4.78, 5) is 0. The molecule has 0 spiro atoms. The Hall–Kier alpha value is -1.09. The number of ether oxygens (including phenoxy) is 2. The Labute approximate surface area is 76.3 Å². The molecule has 0 bridgehead atoms. The first-order valence-electron chi connectivity index (χ1n) is 4.26. The summed E-state index contributed by atoms with van der Waals surface area (Å²) in [5.74, 6) is 0.518. The third-order valence-corrected chi connectivity index (χ3v) is 2.04. The predicted molar refractivity (Wildman–Crippen MR) is 46.4 cm³/mol. The second-order valence-corrected chi connectivity index (χ2v) is 3.19. The van der Waals surface area contributed by atoms with Crippen LogP contribution in [0.15, 0.2) is 18.2 Å². The molecule has 0 aromatic heterocycles. The molecule has 0 aliphatic carbocycles. The van der Waals surface area contributed by atoms with E-state index in [2.05, 4.69) is 0 Å². The Morgan fingerprint density at radius 3 is 2.77 bits per heavy atom. The van der Waals surface area contributed by atoms with Gasteiger partial charge in [0.25, 0.3) is 0 Å². The lowest BCUT2D eigenvalue weighted by Crippen LogP contribution is -2.38. The van der Waals surface area contributed by atoms with Crippen molar-refractivity contribution in [2.24, 2.45) is 0 Å². The molecule has 70 valence electrons. The number of benzene rings is 1. The van der Waals surface area contributed by atoms with Gasteiger partial charge in [-0.3, -0.25) is 0 Å². The summed E-state index contributed by atoms with van der Waals surface area (Å²) in [6.07, 6.45) is 0.143. The monoisotopic (exact) mass is 182 g/mol. The molecule has 0 amide bonds. The topological polar surface area (TPSA) is 18.5 Å². The lowest BCUT2D eigenvalue weighted by molar-refractivity contribution is -0.0799. The van der Waals surface area contributed by atoms with Crippen LogP contribution >= 0.6 is 0 Å². The maximum atomic E-state index is 12.7. The van der Waals surface area contributed by atoms with Crippen LogP contribution in [0.25, 0.3) is 0 Å². The molecule has 0 atom stereocenters. The van der Waals surface area contributed by atoms with E-state index in [1.54, 1.807) is 6.07 Å². The molecule has 1 saturated heterocycles. The fraction of sp³-hybridized carbons (Fsp3) is 0.400. The maximum Gasteiger partial charge on any atom is 0.145 e. The molecule has 1 aliphatic heterocycles. The van der Waals surface area contributed by atoms with Gasteiger partial charge in [-0.1, -0.05) is 0 Å². The van der Waals surface area contributed by atoms with E-state index in [0.29, 0.717) is 13.2 Å². The zero-order valence-electron chi connectivity index (χ0n) is 7.42. The predicted octanol–water partition coefficient (Wildman–Crippen LogP) is 1.91. The smallest absolute Gasteiger partial charge is 0.145 e. The van der Waals surface area contributed by atoms with Gasteiger partial charge in [-0.25, -0.2) is 4.39 Å². The van der Waals surface area contributed by atoms with Gasteiger partial charge in [0.15, 0.2) is 0 Å². The summed E-state index contributed by atoms with van der Waals surface area (Å²) < 4.78 is 23.2. The van der Waals surface area contributed by atoms with Crippen LogP contribution < -0.4 is 4.74 Å². The Morgan fingerprint density at radius 2 is 2.23 bits per heavy atom. The highest BCUT2D eigenvalue weighted by Gasteiger charge is 2.20. The highest BCUT2D eigenvalue weighted by molar-refractivity contribution is 5.32. The average Bonchev–Trinajstić information content (AvgIpc) is 1.99. The Balaban J connectivity index is 2.10. The zero-order chi connectivity index (χ0) is 9.26. The molecular formula is C10H11FO2. The normalized spacial score (nSPS) is 16.8. The Bertz CT molecular complexity index is 308. The number of aryl methyl sites for hydroxylation is 1. The minimum Gasteiger partial charge on any atom is -0.485 e. The molecule has 0 N–H and O–H groups in total. The molecule has 1 aliphatic rings. The van der Waals surface area contributed by atoms with Crippen molar-refractivity contribution in [3.05, 3.63) is 29.6 Å². The maximum absolute atomic E-state index is 12.7. The van der Waals surface area contributed by atoms with Gasteiger partial charge < -0.3 is 9.47 Å². The van der Waals surface area contributed by atoms with E-state index in [1.165, 1.54) is 12.1 Å². The molecule has 1 fully saturated rings. The van der Waals surface area contributed by atoms with Crippen molar-refractivity contribution < 1.29 is 13.9 Å². The summed E-state index contributed by atoms with van der Waals surface area (Å²) >= 11 is 0. The lowest BCUT2D eigenvalue weighted by Gasteiger charge is -2.27. The first kappa shape index (κ1) is 8.51. The number of rotatable bonds is 2. The highest BCUT2D eigenvalue weighted by atomic mass is 19.1. The number of hydrogen-bond donors (Lipinski definition) is 0. The van der Waals surface area contributed by atoms with E-state index in [1.807, 2.05) is 6.92 Å². The summed E-state index contributed by atoms with van der Waals surface area (Å²) in [7, 11) is 0. The summed E-state index contributed by atoms with van der Waals surface area (Å²) in [6.45, 7) is 3.10. The van der Waals surface area contributed by atoms with Gasteiger partial charge in [0, 0.05) is 0 Å². The zero-order valence-corrected chi connectivity index (χ0v) is 7.42. The SMILES string of the molecule is Cc1cc(F)ccc1OC1COC1. The minimum absolute atomic E-state index is 0.143. The number of halogens is 1. The Morgan fingerprint density at radius 1 is 1.46 bits per heavy atom. The van der Waals surface area contributed by atoms with Crippen molar-refractivity contribution in [1.82, 2.24) is 0 Å². The molecule has 0 saturated carbocycles. The summed E-state index contributed by atoms with van der Waals surface area (Å²) in [5, 5.41) is 0. The third-order valence-electron chi connectivity index (χ3n) is 2.04. The molecule has 1 aromatic carbocycles. The quantitative estimate of drug-likeness (QED) is 0.695. The van der Waals surface area contributed by atoms with Gasteiger partial charge in [0.1, 0.15) is 17.7 Å². The molecule has 2 nitrogen and oxygen atoms in total. The fourth-order valence-corrected chi connectivity index (χ4v) is 1.21. The minimum atomic E-state index is -0.227. The van der Waals surface area contributed by atoms with E-state index < -0.39 is 0 Å². The highest BCUT2D eigenvalue weighted by Crippen LogP contribution is 2.21. The van der Waals surface area contributed by atoms with Crippen LogP contribution in [0, 0.1) is 12.7 Å². The summed E-state index contributed by atoms with van der Waals surface area (Å²) in [6, 6.07) is 4.53. The molecular weight excluding hydrogens is 171 g/mol. The van der Waals surface area contributed by atoms with Crippen molar-refractivity contribution in [3.8, 4) is 5.75 Å². The van der Waals surface area contributed by atoms with E-state index in [4.69, 9.17) is 9.47 Å². The first-order valence-corrected chi connectivity index (χ1v) is 4.26. The molecule has 13 heavy (non-hydrogen) atoms. The van der Waals surface area contributed by atoms with Crippen LogP contribution in [0.5, 0.6) is 5.75 Å². The average molecular weight is 182 g/mol. The standard InChI is InChI=1S/C10H11FO2/c1-7-4-8(11)2-3-10(7)13-9-5-12-6-9/h2-4,9H,5-6H2,1H3. The second kappa shape index (κ2) is 3.34. The van der Waals surface area contributed by atoms with Crippen molar-refractivity contribution in [1.29, 1.82) is 0 Å². The molecule has 3 heteroatoms. The third kappa shape index (κ3) is 1.80. The largest absolute Gasteiger partial charge is 0.485 e. The van der Waals surface area contributed by atoms with E-state index >= 15 is 0 Å². The van der Waals surface area contributed by atoms with Gasteiger partial charge in [0.2, 0.25) is 0 Å². The van der Waals surface area contributed by atoms with Crippen LogP contribution in [0.4, 0.5) is 4.39 Å². The van der Waals surface area contributed by atoms with E-state index in [0.717, 1.165) is 11.3 Å². The van der Waals surface area contributed by atoms with Crippen LogP contribution in [0.1, 0.15) is 5.56 Å².